The molecule has 0 aliphatic heterocycles. The number of esters is 1. The standard InChI is InChI=1S/C26H30O3/c1-25(2,3)29-24(27)17-26(4,5)23-13-9-12-20-14-15-21(16-22(20)23)28-18-19-10-7-6-8-11-19/h6-16H,17-18H2,1-5H3. The number of ether oxygens (including phenoxy) is 2. The van der Waals surface area contributed by atoms with Gasteiger partial charge in [0.15, 0.2) is 0 Å². The van der Waals surface area contributed by atoms with E-state index in [1.165, 1.54) is 0 Å². The van der Waals surface area contributed by atoms with Gasteiger partial charge < -0.3 is 9.47 Å². The third-order valence-electron chi connectivity index (χ3n) is 4.84. The number of hydrogen-bond donors (Lipinski definition) is 0. The molecular formula is C26H30O3. The molecule has 0 saturated carbocycles. The molecule has 3 nitrogen and oxygen atoms in total. The first-order valence-corrected chi connectivity index (χ1v) is 10.1. The van der Waals surface area contributed by atoms with Crippen LogP contribution in [0.3, 0.4) is 0 Å². The monoisotopic (exact) mass is 390 g/mol. The van der Waals surface area contributed by atoms with Crippen LogP contribution in [0.5, 0.6) is 5.75 Å². The van der Waals surface area contributed by atoms with Gasteiger partial charge in [-0.3, -0.25) is 4.79 Å². The molecule has 0 aromatic heterocycles. The lowest BCUT2D eigenvalue weighted by Gasteiger charge is -2.28. The molecule has 0 aliphatic carbocycles. The Balaban J connectivity index is 1.86. The van der Waals surface area contributed by atoms with Crippen LogP contribution in [0.4, 0.5) is 0 Å². The van der Waals surface area contributed by atoms with Crippen molar-refractivity contribution in [1.82, 2.24) is 0 Å². The summed E-state index contributed by atoms with van der Waals surface area (Å²) in [6, 6.07) is 22.5. The van der Waals surface area contributed by atoms with Crippen LogP contribution in [0.15, 0.2) is 66.7 Å². The topological polar surface area (TPSA) is 35.5 Å². The molecule has 3 aromatic rings. The smallest absolute Gasteiger partial charge is 0.307 e. The second-order valence-corrected chi connectivity index (χ2v) is 9.11. The minimum Gasteiger partial charge on any atom is -0.489 e. The summed E-state index contributed by atoms with van der Waals surface area (Å²) in [5.74, 6) is 0.637. The van der Waals surface area contributed by atoms with Crippen LogP contribution in [0, 0.1) is 0 Å². The lowest BCUT2D eigenvalue weighted by molar-refractivity contribution is -0.156. The van der Waals surface area contributed by atoms with E-state index in [2.05, 4.69) is 50.2 Å². The van der Waals surface area contributed by atoms with Gasteiger partial charge >= 0.3 is 5.97 Å². The average Bonchev–Trinajstić information content (AvgIpc) is 2.64. The molecule has 0 N–H and O–H groups in total. The molecule has 3 heteroatoms. The van der Waals surface area contributed by atoms with Crippen molar-refractivity contribution in [3.63, 3.8) is 0 Å². The van der Waals surface area contributed by atoms with Gasteiger partial charge in [0, 0.05) is 5.41 Å². The highest BCUT2D eigenvalue weighted by Gasteiger charge is 2.29. The number of carbonyl (C=O) groups excluding carboxylic acids is 1. The summed E-state index contributed by atoms with van der Waals surface area (Å²) in [6.45, 7) is 10.4. The molecule has 0 unspecified atom stereocenters. The minimum absolute atomic E-state index is 0.184. The molecule has 0 aliphatic rings. The van der Waals surface area contributed by atoms with E-state index in [1.54, 1.807) is 0 Å². The maximum Gasteiger partial charge on any atom is 0.307 e. The average molecular weight is 391 g/mol. The molecule has 3 rings (SSSR count). The van der Waals surface area contributed by atoms with E-state index >= 15 is 0 Å². The quantitative estimate of drug-likeness (QED) is 0.455. The van der Waals surface area contributed by atoms with Gasteiger partial charge in [0.2, 0.25) is 0 Å². The van der Waals surface area contributed by atoms with Crippen molar-refractivity contribution in [2.24, 2.45) is 0 Å². The summed E-state index contributed by atoms with van der Waals surface area (Å²) in [5, 5.41) is 2.23. The van der Waals surface area contributed by atoms with E-state index in [0.29, 0.717) is 13.0 Å². The van der Waals surface area contributed by atoms with Gasteiger partial charge in [-0.2, -0.15) is 0 Å². The summed E-state index contributed by atoms with van der Waals surface area (Å²) in [7, 11) is 0. The first-order chi connectivity index (χ1) is 13.6. The lowest BCUT2D eigenvalue weighted by Crippen LogP contribution is -2.29. The molecule has 0 bridgehead atoms. The fourth-order valence-corrected chi connectivity index (χ4v) is 3.51. The number of benzene rings is 3. The van der Waals surface area contributed by atoms with Crippen LogP contribution in [0.2, 0.25) is 0 Å². The van der Waals surface area contributed by atoms with Crippen molar-refractivity contribution < 1.29 is 14.3 Å². The summed E-state index contributed by atoms with van der Waals surface area (Å²) in [6.07, 6.45) is 0.318. The largest absolute Gasteiger partial charge is 0.489 e. The van der Waals surface area contributed by atoms with Crippen LogP contribution in [0.1, 0.15) is 52.2 Å². The predicted molar refractivity (Wildman–Crippen MR) is 118 cm³/mol. The normalized spacial score (nSPS) is 12.0. The summed E-state index contributed by atoms with van der Waals surface area (Å²) in [4.78, 5) is 12.5. The maximum atomic E-state index is 12.5. The fourth-order valence-electron chi connectivity index (χ4n) is 3.51. The molecular weight excluding hydrogens is 360 g/mol. The van der Waals surface area contributed by atoms with Gasteiger partial charge in [-0.15, -0.1) is 0 Å². The highest BCUT2D eigenvalue weighted by atomic mass is 16.6. The number of rotatable bonds is 6. The van der Waals surface area contributed by atoms with E-state index in [1.807, 2.05) is 51.1 Å². The second-order valence-electron chi connectivity index (χ2n) is 9.11. The number of fused-ring (bicyclic) bond motifs is 1. The Bertz CT molecular complexity index is 982. The van der Waals surface area contributed by atoms with E-state index in [0.717, 1.165) is 27.6 Å². The molecule has 0 amide bonds. The first-order valence-electron chi connectivity index (χ1n) is 10.1. The molecule has 0 fully saturated rings. The zero-order valence-electron chi connectivity index (χ0n) is 18.0. The van der Waals surface area contributed by atoms with E-state index in [9.17, 15) is 4.79 Å². The summed E-state index contributed by atoms with van der Waals surface area (Å²) in [5.41, 5.74) is 1.40. The fraction of sp³-hybridized carbons (Fsp3) is 0.346. The van der Waals surface area contributed by atoms with E-state index < -0.39 is 5.60 Å². The first kappa shape index (κ1) is 20.9. The van der Waals surface area contributed by atoms with Crippen LogP contribution < -0.4 is 4.74 Å². The Morgan fingerprint density at radius 2 is 1.59 bits per heavy atom. The number of carbonyl (C=O) groups is 1. The van der Waals surface area contributed by atoms with Crippen molar-refractivity contribution in [2.45, 2.75) is 58.7 Å². The molecule has 3 aromatic carbocycles. The van der Waals surface area contributed by atoms with Crippen molar-refractivity contribution in [1.29, 1.82) is 0 Å². The highest BCUT2D eigenvalue weighted by Crippen LogP contribution is 2.35. The molecule has 0 radical (unpaired) electrons. The molecule has 0 atom stereocenters. The Kier molecular flexibility index (Phi) is 5.97. The second kappa shape index (κ2) is 8.28. The molecule has 152 valence electrons. The van der Waals surface area contributed by atoms with Gasteiger partial charge in [-0.05, 0) is 54.8 Å². The Morgan fingerprint density at radius 3 is 2.28 bits per heavy atom. The van der Waals surface area contributed by atoms with Gasteiger partial charge in [-0.1, -0.05) is 68.4 Å². The van der Waals surface area contributed by atoms with Gasteiger partial charge in [0.1, 0.15) is 18.0 Å². The maximum absolute atomic E-state index is 12.5. The minimum atomic E-state index is -0.482. The van der Waals surface area contributed by atoms with Crippen LogP contribution in [0.25, 0.3) is 10.8 Å². The molecule has 0 spiro atoms. The van der Waals surface area contributed by atoms with Gasteiger partial charge in [0.25, 0.3) is 0 Å². The van der Waals surface area contributed by atoms with Crippen LogP contribution >= 0.6 is 0 Å². The third kappa shape index (κ3) is 5.60. The predicted octanol–water partition coefficient (Wildman–Crippen LogP) is 6.43. The summed E-state index contributed by atoms with van der Waals surface area (Å²) < 4.78 is 11.6. The van der Waals surface area contributed by atoms with Gasteiger partial charge in [0.05, 0.1) is 6.42 Å². The van der Waals surface area contributed by atoms with Crippen molar-refractivity contribution in [3.05, 3.63) is 77.9 Å². The zero-order valence-corrected chi connectivity index (χ0v) is 18.0. The lowest BCUT2D eigenvalue weighted by atomic mass is 9.79. The summed E-state index contributed by atoms with van der Waals surface area (Å²) >= 11 is 0. The number of hydrogen-bond acceptors (Lipinski definition) is 3. The zero-order chi connectivity index (χ0) is 21.1. The van der Waals surface area contributed by atoms with Crippen LogP contribution in [-0.2, 0) is 21.6 Å². The van der Waals surface area contributed by atoms with Crippen molar-refractivity contribution >= 4 is 16.7 Å². The van der Waals surface area contributed by atoms with E-state index in [-0.39, 0.29) is 11.4 Å². The van der Waals surface area contributed by atoms with Crippen molar-refractivity contribution in [3.8, 4) is 5.75 Å². The third-order valence-corrected chi connectivity index (χ3v) is 4.84. The van der Waals surface area contributed by atoms with Crippen LogP contribution in [-0.4, -0.2) is 11.6 Å². The Hall–Kier alpha value is -2.81. The molecule has 29 heavy (non-hydrogen) atoms. The van der Waals surface area contributed by atoms with Crippen molar-refractivity contribution in [2.75, 3.05) is 0 Å². The highest BCUT2D eigenvalue weighted by molar-refractivity contribution is 5.88. The Labute approximate surface area is 173 Å². The SMILES string of the molecule is CC(C)(C)OC(=O)CC(C)(C)c1cccc2ccc(OCc3ccccc3)cc12. The Morgan fingerprint density at radius 1 is 0.862 bits per heavy atom. The molecule has 0 saturated heterocycles. The van der Waals surface area contributed by atoms with Gasteiger partial charge in [-0.25, -0.2) is 0 Å². The van der Waals surface area contributed by atoms with E-state index in [4.69, 9.17) is 9.47 Å². The molecule has 0 heterocycles.